The van der Waals surface area contributed by atoms with E-state index in [9.17, 15) is 19.5 Å². The van der Waals surface area contributed by atoms with Crippen LogP contribution in [0.3, 0.4) is 0 Å². The van der Waals surface area contributed by atoms with Gasteiger partial charge in [0, 0.05) is 21.8 Å². The van der Waals surface area contributed by atoms with Gasteiger partial charge < -0.3 is 30.5 Å². The third kappa shape index (κ3) is 5.43. The molecule has 1 aromatic rings. The van der Waals surface area contributed by atoms with Gasteiger partial charge in [-0.3, -0.25) is 14.5 Å². The average Bonchev–Trinajstić information content (AvgIpc) is 3.23. The largest absolute Gasteiger partial charge is 0.477 e. The number of rotatable bonds is 8. The van der Waals surface area contributed by atoms with E-state index in [1.54, 1.807) is 5.38 Å². The molecule has 3 aliphatic rings. The number of nitrogens with one attached hydrogen (secondary N) is 1. The zero-order valence-corrected chi connectivity index (χ0v) is 21.6. The number of ether oxygens (including phenoxy) is 2. The van der Waals surface area contributed by atoms with Crippen LogP contribution in [0.25, 0.3) is 0 Å². The van der Waals surface area contributed by atoms with Crippen molar-refractivity contribution in [3.63, 3.8) is 0 Å². The van der Waals surface area contributed by atoms with Crippen LogP contribution >= 0.6 is 34.9 Å². The highest BCUT2D eigenvalue weighted by Gasteiger charge is 2.54. The highest BCUT2D eigenvalue weighted by molar-refractivity contribution is 8.06. The standard InChI is InChI=1S/C20H25N5O7S3/c1-20(2)31-5-4-9(32-20)6-33-11-8-34-17-13(16(27)25(17)14(11)18(28)29)23-15(26)12(24-30-3)10-7-35-19(21)22-10/h7,9,13,17H,4-6,8H2,1-3H3,(H2,21,22)(H,23,26)(H,28,29)/b24-12-/t9?,13?,17-/m0/s1. The highest BCUT2D eigenvalue weighted by Crippen LogP contribution is 2.44. The normalized spacial score (nSPS) is 26.1. The number of aromatic nitrogens is 1. The Balaban J connectivity index is 1.45. The number of carboxylic acid groups (broad SMARTS) is 1. The van der Waals surface area contributed by atoms with Crippen LogP contribution in [0.2, 0.25) is 0 Å². The van der Waals surface area contributed by atoms with Gasteiger partial charge in [0.15, 0.2) is 16.6 Å². The van der Waals surface area contributed by atoms with Crippen LogP contribution in [0, 0.1) is 0 Å². The van der Waals surface area contributed by atoms with E-state index in [2.05, 4.69) is 15.5 Å². The van der Waals surface area contributed by atoms with Crippen LogP contribution in [0.4, 0.5) is 5.13 Å². The number of hydrogen-bond donors (Lipinski definition) is 3. The van der Waals surface area contributed by atoms with Gasteiger partial charge in [-0.05, 0) is 20.3 Å². The number of thiazole rings is 1. The summed E-state index contributed by atoms with van der Waals surface area (Å²) in [6.45, 7) is 4.24. The Kier molecular flexibility index (Phi) is 7.61. The number of carbonyl (C=O) groups is 3. The molecule has 35 heavy (non-hydrogen) atoms. The second-order valence-corrected chi connectivity index (χ2v) is 11.3. The minimum atomic E-state index is -1.19. The fraction of sp³-hybridized carbons (Fsp3) is 0.550. The lowest BCUT2D eigenvalue weighted by Crippen LogP contribution is -2.71. The summed E-state index contributed by atoms with van der Waals surface area (Å²) < 4.78 is 11.5. The van der Waals surface area contributed by atoms with E-state index >= 15 is 0 Å². The third-order valence-corrected chi connectivity index (χ3v) is 8.73. The van der Waals surface area contributed by atoms with Crippen molar-refractivity contribution < 1.29 is 33.8 Å². The quantitative estimate of drug-likeness (QED) is 0.244. The summed E-state index contributed by atoms with van der Waals surface area (Å²) in [5, 5.41) is 17.5. The summed E-state index contributed by atoms with van der Waals surface area (Å²) in [7, 11) is 1.28. The van der Waals surface area contributed by atoms with Gasteiger partial charge >= 0.3 is 5.97 Å². The van der Waals surface area contributed by atoms with E-state index in [4.69, 9.17) is 20.0 Å². The van der Waals surface area contributed by atoms with Crippen LogP contribution in [0.5, 0.6) is 0 Å². The number of β-lactam (4-membered cyclic amide) rings is 1. The minimum absolute atomic E-state index is 0.0568. The lowest BCUT2D eigenvalue weighted by Gasteiger charge is -2.49. The molecule has 3 atom stereocenters. The van der Waals surface area contributed by atoms with Crippen LogP contribution in [0.1, 0.15) is 26.0 Å². The van der Waals surface area contributed by atoms with E-state index in [1.807, 2.05) is 13.8 Å². The molecule has 4 heterocycles. The highest BCUT2D eigenvalue weighted by atomic mass is 32.2. The Hall–Kier alpha value is -2.33. The molecule has 2 fully saturated rings. The Labute approximate surface area is 213 Å². The summed E-state index contributed by atoms with van der Waals surface area (Å²) in [6.07, 6.45) is 0.612. The smallest absolute Gasteiger partial charge is 0.353 e. The van der Waals surface area contributed by atoms with Crippen LogP contribution in [-0.2, 0) is 28.7 Å². The zero-order chi connectivity index (χ0) is 25.3. The molecule has 0 bridgehead atoms. The van der Waals surface area contributed by atoms with Gasteiger partial charge in [-0.15, -0.1) is 34.9 Å². The maximum atomic E-state index is 12.9. The van der Waals surface area contributed by atoms with Crippen molar-refractivity contribution in [1.29, 1.82) is 0 Å². The summed E-state index contributed by atoms with van der Waals surface area (Å²) in [6, 6.07) is -0.911. The number of carbonyl (C=O) groups excluding carboxylic acids is 2. The number of amides is 2. The van der Waals surface area contributed by atoms with Crippen molar-refractivity contribution in [2.45, 2.75) is 43.6 Å². The number of aliphatic carboxylic acids is 1. The topological polar surface area (TPSA) is 166 Å². The van der Waals surface area contributed by atoms with Crippen molar-refractivity contribution in [3.8, 4) is 0 Å². The first-order valence-corrected chi connectivity index (χ1v) is 13.5. The molecule has 2 saturated heterocycles. The minimum Gasteiger partial charge on any atom is -0.477 e. The molecular weight excluding hydrogens is 518 g/mol. The Bertz CT molecular complexity index is 1090. The molecule has 1 aromatic heterocycles. The van der Waals surface area contributed by atoms with Crippen molar-refractivity contribution in [2.75, 3.05) is 31.0 Å². The molecule has 15 heteroatoms. The zero-order valence-electron chi connectivity index (χ0n) is 19.2. The molecule has 4 N–H and O–H groups in total. The van der Waals surface area contributed by atoms with E-state index in [-0.39, 0.29) is 28.3 Å². The van der Waals surface area contributed by atoms with Gasteiger partial charge in [0.1, 0.15) is 29.9 Å². The number of carboxylic acids is 1. The molecule has 190 valence electrons. The Morgan fingerprint density at radius 1 is 1.49 bits per heavy atom. The first-order chi connectivity index (χ1) is 16.6. The van der Waals surface area contributed by atoms with Gasteiger partial charge in [-0.2, -0.15) is 0 Å². The Morgan fingerprint density at radius 3 is 2.89 bits per heavy atom. The van der Waals surface area contributed by atoms with Crippen LogP contribution < -0.4 is 11.1 Å². The third-order valence-electron chi connectivity index (χ3n) is 5.37. The molecule has 2 unspecified atom stereocenters. The number of nitrogens with zero attached hydrogens (tertiary/aromatic N) is 3. The SMILES string of the molecule is CO/N=C(\C(=O)NC1C(=O)N2C(C(=O)O)=C(SCC3CCOC(C)(C)O3)CS[C@@H]12)c1csc(N)n1. The molecule has 0 spiro atoms. The van der Waals surface area contributed by atoms with Crippen molar-refractivity contribution in [2.24, 2.45) is 5.16 Å². The second-order valence-electron chi connectivity index (χ2n) is 8.22. The molecule has 4 rings (SSSR count). The maximum absolute atomic E-state index is 12.9. The number of anilines is 1. The van der Waals surface area contributed by atoms with Gasteiger partial charge in [0.25, 0.3) is 11.8 Å². The van der Waals surface area contributed by atoms with Gasteiger partial charge in [0.2, 0.25) is 0 Å². The second kappa shape index (κ2) is 10.3. The molecule has 0 saturated carbocycles. The van der Waals surface area contributed by atoms with E-state index in [1.165, 1.54) is 35.5 Å². The predicted octanol–water partition coefficient (Wildman–Crippen LogP) is 1.05. The number of thioether (sulfide) groups is 2. The van der Waals surface area contributed by atoms with Crippen LogP contribution in [0.15, 0.2) is 21.1 Å². The van der Waals surface area contributed by atoms with Crippen LogP contribution in [-0.4, -0.2) is 87.0 Å². The van der Waals surface area contributed by atoms with Crippen molar-refractivity contribution in [3.05, 3.63) is 21.7 Å². The average molecular weight is 544 g/mol. The molecule has 0 radical (unpaired) electrons. The summed E-state index contributed by atoms with van der Waals surface area (Å²) in [5.74, 6) is -2.13. The number of fused-ring (bicyclic) bond motifs is 1. The van der Waals surface area contributed by atoms with E-state index < -0.39 is 35.0 Å². The molecule has 0 aromatic carbocycles. The fourth-order valence-electron chi connectivity index (χ4n) is 3.84. The molecule has 3 aliphatic heterocycles. The molecule has 2 amide bonds. The number of nitrogen functional groups attached to an aromatic ring is 1. The molecular formula is C20H25N5O7S3. The van der Waals surface area contributed by atoms with E-state index in [0.29, 0.717) is 29.4 Å². The first-order valence-electron chi connectivity index (χ1n) is 10.6. The van der Waals surface area contributed by atoms with Gasteiger partial charge in [0.05, 0.1) is 12.7 Å². The summed E-state index contributed by atoms with van der Waals surface area (Å²) >= 11 is 3.89. The molecule has 12 nitrogen and oxygen atoms in total. The lowest BCUT2D eigenvalue weighted by atomic mass is 10.0. The number of oxime groups is 1. The van der Waals surface area contributed by atoms with E-state index in [0.717, 1.165) is 11.3 Å². The monoisotopic (exact) mass is 543 g/mol. The Morgan fingerprint density at radius 2 is 2.26 bits per heavy atom. The van der Waals surface area contributed by atoms with Gasteiger partial charge in [-0.1, -0.05) is 5.16 Å². The number of hydrogen-bond acceptors (Lipinski definition) is 12. The predicted molar refractivity (Wildman–Crippen MR) is 132 cm³/mol. The van der Waals surface area contributed by atoms with Gasteiger partial charge in [-0.25, -0.2) is 9.78 Å². The summed E-state index contributed by atoms with van der Waals surface area (Å²) in [5.41, 5.74) is 5.68. The fourth-order valence-corrected chi connectivity index (χ4v) is 7.07. The van der Waals surface area contributed by atoms with Crippen molar-refractivity contribution >= 4 is 63.5 Å². The van der Waals surface area contributed by atoms with Crippen molar-refractivity contribution in [1.82, 2.24) is 15.2 Å². The first kappa shape index (κ1) is 25.8. The lowest BCUT2D eigenvalue weighted by molar-refractivity contribution is -0.267. The maximum Gasteiger partial charge on any atom is 0.353 e. The summed E-state index contributed by atoms with van der Waals surface area (Å²) in [4.78, 5) is 48.5. The number of nitrogens with two attached hydrogens (primary N) is 1. The molecule has 0 aliphatic carbocycles.